The molecule has 5 atom stereocenters. The lowest BCUT2D eigenvalue weighted by atomic mass is 9.99. The molecule has 0 aromatic heterocycles. The number of halogens is 1. The van der Waals surface area contributed by atoms with Gasteiger partial charge in [0.05, 0.1) is 6.61 Å². The Labute approximate surface area is 253 Å². The zero-order valence-electron chi connectivity index (χ0n) is 23.8. The van der Waals surface area contributed by atoms with Crippen LogP contribution >= 0.6 is 30.4 Å². The van der Waals surface area contributed by atoms with Gasteiger partial charge in [0.25, 0.3) is 0 Å². The van der Waals surface area contributed by atoms with E-state index in [-0.39, 0.29) is 22.9 Å². The fourth-order valence-corrected chi connectivity index (χ4v) is 6.34. The number of para-hydroxylation sites is 2. The number of hydrogen-bond acceptors (Lipinski definition) is 8. The van der Waals surface area contributed by atoms with Crippen molar-refractivity contribution in [2.24, 2.45) is 0 Å². The van der Waals surface area contributed by atoms with Crippen LogP contribution in [0.15, 0.2) is 60.7 Å². The summed E-state index contributed by atoms with van der Waals surface area (Å²) >= 11 is 2.25. The summed E-state index contributed by atoms with van der Waals surface area (Å²) in [6, 6.07) is 17.7. The van der Waals surface area contributed by atoms with Crippen LogP contribution in [0.2, 0.25) is 0 Å². The van der Waals surface area contributed by atoms with Gasteiger partial charge in [0.2, 0.25) is 0 Å². The Balaban J connectivity index is 1.82. The summed E-state index contributed by atoms with van der Waals surface area (Å²) in [5.74, 6) is 0.748. The molecule has 0 radical (unpaired) electrons. The van der Waals surface area contributed by atoms with Crippen molar-refractivity contribution in [3.63, 3.8) is 0 Å². The van der Waals surface area contributed by atoms with Crippen LogP contribution in [0.4, 0.5) is 0 Å². The van der Waals surface area contributed by atoms with Crippen molar-refractivity contribution in [1.82, 2.24) is 0 Å². The van der Waals surface area contributed by atoms with Gasteiger partial charge in [-0.25, -0.2) is 4.57 Å². The first kappa shape index (κ1) is 33.3. The van der Waals surface area contributed by atoms with Gasteiger partial charge >= 0.3 is 7.82 Å². The Morgan fingerprint density at radius 2 is 1.15 bits per heavy atom. The molecule has 0 spiro atoms. The average Bonchev–Trinajstić information content (AvgIpc) is 2.95. The molecule has 8 nitrogen and oxygen atoms in total. The lowest BCUT2D eigenvalue weighted by Gasteiger charge is -2.44. The third kappa shape index (κ3) is 10.9. The molecule has 0 amide bonds. The molecular formula is C30H44IO8P. The van der Waals surface area contributed by atoms with Gasteiger partial charge in [-0.3, -0.25) is 4.52 Å². The van der Waals surface area contributed by atoms with E-state index in [1.54, 1.807) is 48.5 Å². The number of rotatable bonds is 19. The first-order valence-corrected chi connectivity index (χ1v) is 17.1. The van der Waals surface area contributed by atoms with Crippen LogP contribution in [-0.2, 0) is 28.0 Å². The summed E-state index contributed by atoms with van der Waals surface area (Å²) in [7, 11) is -4.10. The quantitative estimate of drug-likeness (QED) is 0.0636. The van der Waals surface area contributed by atoms with Gasteiger partial charge in [0.1, 0.15) is 40.0 Å². The smallest absolute Gasteiger partial charge is 0.395 e. The van der Waals surface area contributed by atoms with Crippen LogP contribution in [0.3, 0.4) is 0 Å². The first-order valence-electron chi connectivity index (χ1n) is 14.4. The van der Waals surface area contributed by atoms with E-state index in [9.17, 15) is 4.57 Å². The topological polar surface area (TPSA) is 81.7 Å². The fourth-order valence-electron chi connectivity index (χ4n) is 4.11. The van der Waals surface area contributed by atoms with E-state index in [1.807, 2.05) is 12.1 Å². The Kier molecular flexibility index (Phi) is 15.3. The van der Waals surface area contributed by atoms with Crippen molar-refractivity contribution >= 4 is 30.4 Å². The molecule has 1 saturated heterocycles. The molecule has 2 aromatic carbocycles. The molecule has 0 bridgehead atoms. The number of phosphoric acid groups is 1. The largest absolute Gasteiger partial charge is 0.587 e. The minimum absolute atomic E-state index is 0.0808. The normalized spacial score (nSPS) is 23.1. The van der Waals surface area contributed by atoms with E-state index >= 15 is 0 Å². The van der Waals surface area contributed by atoms with Crippen molar-refractivity contribution in [3.05, 3.63) is 60.7 Å². The average molecular weight is 691 g/mol. The summed E-state index contributed by atoms with van der Waals surface area (Å²) in [6.45, 7) is 8.05. The van der Waals surface area contributed by atoms with Gasteiger partial charge in [0, 0.05) is 19.8 Å². The van der Waals surface area contributed by atoms with Gasteiger partial charge in [-0.15, -0.1) is 0 Å². The molecule has 0 saturated carbocycles. The number of unbranched alkanes of at least 4 members (excludes halogenated alkanes) is 3. The van der Waals surface area contributed by atoms with Crippen LogP contribution in [-0.4, -0.2) is 55.0 Å². The molecule has 0 N–H and O–H groups in total. The van der Waals surface area contributed by atoms with Gasteiger partial charge in [-0.2, -0.15) is 0 Å². The number of benzene rings is 2. The summed E-state index contributed by atoms with van der Waals surface area (Å²) in [5, 5.41) is 0. The maximum Gasteiger partial charge on any atom is 0.587 e. The zero-order chi connectivity index (χ0) is 28.6. The van der Waals surface area contributed by atoms with Gasteiger partial charge in [-0.1, -0.05) is 76.4 Å². The van der Waals surface area contributed by atoms with E-state index in [4.69, 9.17) is 32.5 Å². The predicted molar refractivity (Wildman–Crippen MR) is 164 cm³/mol. The van der Waals surface area contributed by atoms with E-state index in [1.165, 1.54) is 0 Å². The molecule has 1 fully saturated rings. The van der Waals surface area contributed by atoms with E-state index < -0.39 is 20.0 Å². The van der Waals surface area contributed by atoms with Gasteiger partial charge < -0.3 is 28.0 Å². The Hall–Kier alpha value is -1.20. The summed E-state index contributed by atoms with van der Waals surface area (Å²) in [4.78, 5) is 0. The molecular weight excluding hydrogens is 646 g/mol. The molecule has 1 heterocycles. The second kappa shape index (κ2) is 18.4. The highest BCUT2D eigenvalue weighted by atomic mass is 127. The lowest BCUT2D eigenvalue weighted by molar-refractivity contribution is -0.240. The molecule has 224 valence electrons. The van der Waals surface area contributed by atoms with E-state index in [0.717, 1.165) is 38.5 Å². The maximum atomic E-state index is 14.0. The maximum absolute atomic E-state index is 14.0. The first-order chi connectivity index (χ1) is 19.5. The van der Waals surface area contributed by atoms with Crippen LogP contribution in [0, 0.1) is 0 Å². The van der Waals surface area contributed by atoms with Crippen molar-refractivity contribution in [1.29, 1.82) is 0 Å². The zero-order valence-corrected chi connectivity index (χ0v) is 26.9. The van der Waals surface area contributed by atoms with Crippen molar-refractivity contribution in [3.8, 4) is 11.5 Å². The summed E-state index contributed by atoms with van der Waals surface area (Å²) in [6.07, 6.45) is 4.08. The Morgan fingerprint density at radius 1 is 0.700 bits per heavy atom. The summed E-state index contributed by atoms with van der Waals surface area (Å²) in [5.41, 5.74) is 0. The predicted octanol–water partition coefficient (Wildman–Crippen LogP) is 7.98. The minimum atomic E-state index is -4.10. The van der Waals surface area contributed by atoms with Crippen LogP contribution < -0.4 is 9.05 Å². The number of alkyl halides is 1. The van der Waals surface area contributed by atoms with Crippen molar-refractivity contribution in [2.75, 3.05) is 26.4 Å². The Bertz CT molecular complexity index is 937. The number of phosphoric ester groups is 1. The molecule has 10 heteroatoms. The van der Waals surface area contributed by atoms with Crippen molar-refractivity contribution < 1.29 is 37.1 Å². The van der Waals surface area contributed by atoms with Gasteiger partial charge in [-0.05, 0) is 66.1 Å². The second-order valence-corrected chi connectivity index (χ2v) is 12.4. The molecule has 1 aliphatic heterocycles. The molecule has 3 rings (SSSR count). The van der Waals surface area contributed by atoms with Gasteiger partial charge in [0.15, 0.2) is 0 Å². The Morgan fingerprint density at radius 3 is 1.62 bits per heavy atom. The molecule has 2 aromatic rings. The minimum Gasteiger partial charge on any atom is -0.395 e. The molecule has 0 aliphatic carbocycles. The summed E-state index contributed by atoms with van der Waals surface area (Å²) < 4.78 is 56.7. The third-order valence-electron chi connectivity index (χ3n) is 6.32. The highest BCUT2D eigenvalue weighted by molar-refractivity contribution is 14.1. The van der Waals surface area contributed by atoms with Crippen LogP contribution in [0.5, 0.6) is 11.5 Å². The van der Waals surface area contributed by atoms with E-state index in [2.05, 4.69) is 43.4 Å². The third-order valence-corrected chi connectivity index (χ3v) is 8.66. The lowest BCUT2D eigenvalue weighted by Crippen LogP contribution is -2.60. The van der Waals surface area contributed by atoms with Crippen molar-refractivity contribution in [2.45, 2.75) is 87.8 Å². The highest BCUT2D eigenvalue weighted by Gasteiger charge is 2.48. The molecule has 40 heavy (non-hydrogen) atoms. The van der Waals surface area contributed by atoms with Crippen LogP contribution in [0.1, 0.15) is 59.3 Å². The number of ether oxygens (including phenoxy) is 4. The standard InChI is InChI=1S/C30H44IO8P/c1-4-7-20-33-27-26(37-30(31)29(35-22-9-6-3)28(27)34-21-8-5-2)23-36-40(32,38-24-16-12-10-13-17-24)39-25-18-14-11-15-19-25/h10-19,26-30H,4-9,20-23H2,1-3H3/t26?,27-,28?,29-,30?/m1/s1. The van der Waals surface area contributed by atoms with E-state index in [0.29, 0.717) is 31.3 Å². The molecule has 1 aliphatic rings. The monoisotopic (exact) mass is 690 g/mol. The SMILES string of the molecule is CCCCOC1[C@H](OCCCC)C(COP(=O)(Oc2ccccc2)Oc2ccccc2)OC(I)[C@@H]1OCCCC. The van der Waals surface area contributed by atoms with Crippen LogP contribution in [0.25, 0.3) is 0 Å². The fraction of sp³-hybridized carbons (Fsp3) is 0.600. The highest BCUT2D eigenvalue weighted by Crippen LogP contribution is 2.50. The number of hydrogen-bond donors (Lipinski definition) is 0. The second-order valence-electron chi connectivity index (χ2n) is 9.64. The molecule has 3 unspecified atom stereocenters.